The molecule has 0 saturated carbocycles. The topological polar surface area (TPSA) is 25.2 Å². The predicted molar refractivity (Wildman–Crippen MR) is 68.7 cm³/mol. The summed E-state index contributed by atoms with van der Waals surface area (Å²) in [6, 6.07) is 2.60. The van der Waals surface area contributed by atoms with Gasteiger partial charge in [0.05, 0.1) is 0 Å². The van der Waals surface area contributed by atoms with Gasteiger partial charge in [-0.25, -0.2) is 0 Å². The molecule has 0 aromatic carbocycles. The molecule has 1 aromatic heterocycles. The first-order valence-electron chi connectivity index (χ1n) is 6.28. The quantitative estimate of drug-likeness (QED) is 0.789. The Morgan fingerprint density at radius 2 is 1.94 bits per heavy atom. The van der Waals surface area contributed by atoms with Crippen molar-refractivity contribution in [2.75, 3.05) is 7.05 Å². The van der Waals surface area contributed by atoms with Crippen LogP contribution < -0.4 is 5.32 Å². The Bertz CT molecular complexity index is 315. The molecule has 0 fully saturated rings. The maximum Gasteiger partial charge on any atom is 0.105 e. The Labute approximate surface area is 99.4 Å². The van der Waals surface area contributed by atoms with Gasteiger partial charge >= 0.3 is 0 Å². The molecule has 0 bridgehead atoms. The van der Waals surface area contributed by atoms with Crippen molar-refractivity contribution in [3.63, 3.8) is 0 Å². The van der Waals surface area contributed by atoms with Crippen molar-refractivity contribution < 1.29 is 4.42 Å². The van der Waals surface area contributed by atoms with Crippen LogP contribution in [0.2, 0.25) is 0 Å². The number of nitrogens with one attached hydrogen (secondary N) is 1. The maximum absolute atomic E-state index is 5.58. The van der Waals surface area contributed by atoms with E-state index in [0.29, 0.717) is 6.04 Å². The van der Waals surface area contributed by atoms with Crippen molar-refractivity contribution in [1.82, 2.24) is 5.32 Å². The van der Waals surface area contributed by atoms with Gasteiger partial charge in [0, 0.05) is 11.6 Å². The summed E-state index contributed by atoms with van der Waals surface area (Å²) < 4.78 is 5.58. The predicted octanol–water partition coefficient (Wildman–Crippen LogP) is 3.98. The van der Waals surface area contributed by atoms with Gasteiger partial charge in [-0.1, -0.05) is 26.7 Å². The molecule has 1 aromatic rings. The highest BCUT2D eigenvalue weighted by Gasteiger charge is 2.15. The van der Waals surface area contributed by atoms with Crippen LogP contribution in [-0.4, -0.2) is 7.05 Å². The molecule has 2 heteroatoms. The van der Waals surface area contributed by atoms with E-state index < -0.39 is 0 Å². The first-order valence-corrected chi connectivity index (χ1v) is 6.28. The summed E-state index contributed by atoms with van der Waals surface area (Å²) >= 11 is 0. The van der Waals surface area contributed by atoms with Gasteiger partial charge in [-0.05, 0) is 39.3 Å². The first kappa shape index (κ1) is 13.3. The Hall–Kier alpha value is -0.760. The normalized spacial score (nSPS) is 13.4. The second-order valence-electron chi connectivity index (χ2n) is 5.03. The summed E-state index contributed by atoms with van der Waals surface area (Å²) in [5.74, 6) is 2.86. The highest BCUT2D eigenvalue weighted by atomic mass is 16.3. The number of rotatable bonds is 6. The van der Waals surface area contributed by atoms with E-state index in [0.717, 1.165) is 17.4 Å². The number of hydrogen-bond donors (Lipinski definition) is 1. The van der Waals surface area contributed by atoms with E-state index in [1.54, 1.807) is 0 Å². The van der Waals surface area contributed by atoms with E-state index in [4.69, 9.17) is 4.42 Å². The van der Waals surface area contributed by atoms with Gasteiger partial charge in [0.25, 0.3) is 0 Å². The average molecular weight is 223 g/mol. The fraction of sp³-hybridized carbons (Fsp3) is 0.714. The lowest BCUT2D eigenvalue weighted by molar-refractivity contribution is 0.455. The zero-order valence-electron chi connectivity index (χ0n) is 11.3. The molecule has 2 nitrogen and oxygen atoms in total. The average Bonchev–Trinajstić information content (AvgIpc) is 2.52. The van der Waals surface area contributed by atoms with Gasteiger partial charge in [0.2, 0.25) is 0 Å². The Balaban J connectivity index is 2.57. The lowest BCUT2D eigenvalue weighted by Gasteiger charge is -2.16. The summed E-state index contributed by atoms with van der Waals surface area (Å²) in [5, 5.41) is 3.39. The van der Waals surface area contributed by atoms with E-state index in [2.05, 4.69) is 32.2 Å². The maximum atomic E-state index is 5.58. The molecule has 1 atom stereocenters. The van der Waals surface area contributed by atoms with Crippen LogP contribution in [0, 0.1) is 19.8 Å². The molecule has 1 rings (SSSR count). The minimum atomic E-state index is 0.441. The summed E-state index contributed by atoms with van der Waals surface area (Å²) in [6.45, 7) is 8.62. The van der Waals surface area contributed by atoms with Crippen LogP contribution >= 0.6 is 0 Å². The largest absolute Gasteiger partial charge is 0.466 e. The molecule has 0 radical (unpaired) electrons. The van der Waals surface area contributed by atoms with Crippen LogP contribution in [0.4, 0.5) is 0 Å². The Morgan fingerprint density at radius 1 is 1.25 bits per heavy atom. The van der Waals surface area contributed by atoms with Gasteiger partial charge in [0.15, 0.2) is 0 Å². The SMILES string of the molecule is CNC(CCCC(C)C)c1cc(C)oc1C. The van der Waals surface area contributed by atoms with Crippen LogP contribution in [0.25, 0.3) is 0 Å². The third-order valence-corrected chi connectivity index (χ3v) is 3.08. The van der Waals surface area contributed by atoms with Crippen LogP contribution in [0.3, 0.4) is 0 Å². The van der Waals surface area contributed by atoms with Gasteiger partial charge < -0.3 is 9.73 Å². The summed E-state index contributed by atoms with van der Waals surface area (Å²) in [6.07, 6.45) is 3.76. The zero-order chi connectivity index (χ0) is 12.1. The molecule has 0 aliphatic heterocycles. The van der Waals surface area contributed by atoms with E-state index in [-0.39, 0.29) is 0 Å². The Morgan fingerprint density at radius 3 is 2.38 bits per heavy atom. The molecular formula is C14H25NO. The third-order valence-electron chi connectivity index (χ3n) is 3.08. The molecule has 0 spiro atoms. The molecule has 92 valence electrons. The van der Waals surface area contributed by atoms with E-state index in [1.807, 2.05) is 14.0 Å². The highest BCUT2D eigenvalue weighted by Crippen LogP contribution is 2.25. The second-order valence-corrected chi connectivity index (χ2v) is 5.03. The van der Waals surface area contributed by atoms with Gasteiger partial charge in [0.1, 0.15) is 11.5 Å². The Kier molecular flexibility index (Phi) is 5.07. The molecule has 0 amide bonds. The van der Waals surface area contributed by atoms with Crippen molar-refractivity contribution >= 4 is 0 Å². The second kappa shape index (κ2) is 6.09. The van der Waals surface area contributed by atoms with Gasteiger partial charge in [-0.15, -0.1) is 0 Å². The van der Waals surface area contributed by atoms with E-state index in [9.17, 15) is 0 Å². The van der Waals surface area contributed by atoms with Crippen LogP contribution in [0.5, 0.6) is 0 Å². The van der Waals surface area contributed by atoms with Crippen molar-refractivity contribution in [3.8, 4) is 0 Å². The lowest BCUT2D eigenvalue weighted by atomic mass is 9.98. The van der Waals surface area contributed by atoms with Gasteiger partial charge in [-0.2, -0.15) is 0 Å². The van der Waals surface area contributed by atoms with E-state index >= 15 is 0 Å². The number of hydrogen-bond acceptors (Lipinski definition) is 2. The number of aryl methyl sites for hydroxylation is 2. The lowest BCUT2D eigenvalue weighted by Crippen LogP contribution is -2.16. The van der Waals surface area contributed by atoms with Crippen molar-refractivity contribution in [3.05, 3.63) is 23.2 Å². The molecule has 0 aliphatic carbocycles. The molecule has 0 saturated heterocycles. The highest BCUT2D eigenvalue weighted by molar-refractivity contribution is 5.23. The molecule has 1 unspecified atom stereocenters. The molecular weight excluding hydrogens is 198 g/mol. The van der Waals surface area contributed by atoms with Crippen molar-refractivity contribution in [2.45, 2.75) is 53.0 Å². The van der Waals surface area contributed by atoms with Crippen molar-refractivity contribution in [1.29, 1.82) is 0 Å². The molecule has 1 heterocycles. The fourth-order valence-corrected chi connectivity index (χ4v) is 2.18. The molecule has 1 N–H and O–H groups in total. The minimum Gasteiger partial charge on any atom is -0.466 e. The minimum absolute atomic E-state index is 0.441. The van der Waals surface area contributed by atoms with Crippen LogP contribution in [0.15, 0.2) is 10.5 Å². The fourth-order valence-electron chi connectivity index (χ4n) is 2.18. The molecule has 0 aliphatic rings. The summed E-state index contributed by atoms with van der Waals surface area (Å²) in [7, 11) is 2.03. The monoisotopic (exact) mass is 223 g/mol. The summed E-state index contributed by atoms with van der Waals surface area (Å²) in [5.41, 5.74) is 1.32. The smallest absolute Gasteiger partial charge is 0.105 e. The van der Waals surface area contributed by atoms with Gasteiger partial charge in [-0.3, -0.25) is 0 Å². The van der Waals surface area contributed by atoms with Crippen molar-refractivity contribution in [2.24, 2.45) is 5.92 Å². The summed E-state index contributed by atoms with van der Waals surface area (Å²) in [4.78, 5) is 0. The first-order chi connectivity index (χ1) is 7.54. The molecule has 16 heavy (non-hydrogen) atoms. The number of furan rings is 1. The zero-order valence-corrected chi connectivity index (χ0v) is 11.3. The van der Waals surface area contributed by atoms with Crippen LogP contribution in [0.1, 0.15) is 56.2 Å². The third kappa shape index (κ3) is 3.67. The standard InChI is InChI=1S/C14H25NO/c1-10(2)7-6-8-14(15-5)13-9-11(3)16-12(13)4/h9-10,14-15H,6-8H2,1-5H3. The van der Waals surface area contributed by atoms with E-state index in [1.165, 1.54) is 24.8 Å². The van der Waals surface area contributed by atoms with Crippen LogP contribution in [-0.2, 0) is 0 Å².